The van der Waals surface area contributed by atoms with Gasteiger partial charge in [0.2, 0.25) is 0 Å². The van der Waals surface area contributed by atoms with Crippen molar-refractivity contribution in [3.8, 4) is 0 Å². The first-order chi connectivity index (χ1) is 9.22. The topological polar surface area (TPSA) is 41.9 Å². The third kappa shape index (κ3) is 4.00. The quantitative estimate of drug-likeness (QED) is 0.774. The lowest BCUT2D eigenvalue weighted by Gasteiger charge is -2.34. The number of hydrogen-bond acceptors (Lipinski definition) is 5. The lowest BCUT2D eigenvalue weighted by atomic mass is 10.0. The van der Waals surface area contributed by atoms with E-state index in [0.29, 0.717) is 32.4 Å². The van der Waals surface area contributed by atoms with Crippen LogP contribution in [0, 0.1) is 0 Å². The van der Waals surface area contributed by atoms with Crippen LogP contribution in [-0.2, 0) is 15.9 Å². The van der Waals surface area contributed by atoms with Crippen LogP contribution >= 0.6 is 11.3 Å². The summed E-state index contributed by atoms with van der Waals surface area (Å²) in [4.78, 5) is 3.83. The molecule has 0 aromatic carbocycles. The van der Waals surface area contributed by atoms with E-state index in [4.69, 9.17) is 9.47 Å². The Labute approximate surface area is 118 Å². The number of hydrogen-bond donors (Lipinski definition) is 1. The Morgan fingerprint density at radius 1 is 1.53 bits per heavy atom. The molecule has 2 atom stereocenters. The molecule has 0 bridgehead atoms. The van der Waals surface area contributed by atoms with E-state index in [2.05, 4.69) is 23.3 Å². The van der Waals surface area contributed by atoms with Crippen LogP contribution in [0.5, 0.6) is 0 Å². The van der Waals surface area contributed by atoms with Gasteiger partial charge in [0.15, 0.2) is 0 Å². The van der Waals surface area contributed by atoms with Gasteiger partial charge in [0, 0.05) is 31.1 Å². The second-order valence-corrected chi connectivity index (χ2v) is 5.94. The minimum absolute atomic E-state index is 0.378. The van der Waals surface area contributed by atoms with Crippen molar-refractivity contribution in [2.45, 2.75) is 25.5 Å². The van der Waals surface area contributed by atoms with E-state index in [9.17, 15) is 5.11 Å². The van der Waals surface area contributed by atoms with Crippen molar-refractivity contribution in [2.75, 3.05) is 40.0 Å². The van der Waals surface area contributed by atoms with Crippen LogP contribution in [0.1, 0.15) is 23.4 Å². The highest BCUT2D eigenvalue weighted by Crippen LogP contribution is 2.32. The summed E-state index contributed by atoms with van der Waals surface area (Å²) < 4.78 is 10.3. The van der Waals surface area contributed by atoms with Gasteiger partial charge >= 0.3 is 0 Å². The zero-order chi connectivity index (χ0) is 13.7. The first-order valence-electron chi connectivity index (χ1n) is 6.77. The number of rotatable bonds is 7. The lowest BCUT2D eigenvalue weighted by molar-refractivity contribution is -0.00646. The van der Waals surface area contributed by atoms with Gasteiger partial charge in [-0.05, 0) is 30.4 Å². The van der Waals surface area contributed by atoms with Crippen molar-refractivity contribution in [2.24, 2.45) is 0 Å². The molecule has 0 saturated heterocycles. The molecule has 5 heteroatoms. The molecule has 2 unspecified atom stereocenters. The fourth-order valence-electron chi connectivity index (χ4n) is 2.50. The molecule has 0 saturated carbocycles. The third-order valence-corrected chi connectivity index (χ3v) is 4.59. The Hall–Kier alpha value is -0.460. The number of methoxy groups -OCH3 is 1. The predicted octanol–water partition coefficient (Wildman–Crippen LogP) is 1.69. The number of aliphatic hydroxyl groups is 1. The van der Waals surface area contributed by atoms with E-state index in [1.54, 1.807) is 7.11 Å². The van der Waals surface area contributed by atoms with E-state index in [1.807, 2.05) is 11.3 Å². The Morgan fingerprint density at radius 3 is 3.16 bits per heavy atom. The highest BCUT2D eigenvalue weighted by molar-refractivity contribution is 7.10. The zero-order valence-corrected chi connectivity index (χ0v) is 12.5. The summed E-state index contributed by atoms with van der Waals surface area (Å²) in [6, 6.07) is 2.60. The molecule has 108 valence electrons. The third-order valence-electron chi connectivity index (χ3n) is 3.59. The van der Waals surface area contributed by atoms with Crippen LogP contribution in [0.15, 0.2) is 11.4 Å². The van der Waals surface area contributed by atoms with Gasteiger partial charge in [0.05, 0.1) is 25.9 Å². The van der Waals surface area contributed by atoms with Gasteiger partial charge in [-0.15, -0.1) is 11.3 Å². The summed E-state index contributed by atoms with van der Waals surface area (Å²) in [5, 5.41) is 12.2. The van der Waals surface area contributed by atoms with Crippen molar-refractivity contribution >= 4 is 11.3 Å². The first-order valence-corrected chi connectivity index (χ1v) is 7.65. The van der Waals surface area contributed by atoms with Gasteiger partial charge in [0.1, 0.15) is 0 Å². The maximum atomic E-state index is 10.0. The molecular formula is C14H23NO3S. The zero-order valence-electron chi connectivity index (χ0n) is 11.7. The minimum atomic E-state index is -0.431. The van der Waals surface area contributed by atoms with Gasteiger partial charge in [0.25, 0.3) is 0 Å². The number of β-amino-alcohol motifs (C(OH)–C–C–N with tert-alkyl or cyclic N) is 1. The van der Waals surface area contributed by atoms with Crippen LogP contribution in [0.25, 0.3) is 0 Å². The van der Waals surface area contributed by atoms with Crippen LogP contribution in [0.3, 0.4) is 0 Å². The summed E-state index contributed by atoms with van der Waals surface area (Å²) in [6.45, 7) is 5.39. The maximum Gasteiger partial charge on any atom is 0.0900 e. The molecule has 0 fully saturated rings. The molecule has 0 radical (unpaired) electrons. The van der Waals surface area contributed by atoms with E-state index >= 15 is 0 Å². The molecule has 1 aromatic heterocycles. The van der Waals surface area contributed by atoms with Crippen molar-refractivity contribution in [3.63, 3.8) is 0 Å². The second kappa shape index (κ2) is 7.36. The van der Waals surface area contributed by atoms with Crippen LogP contribution in [-0.4, -0.2) is 56.1 Å². The van der Waals surface area contributed by atoms with Gasteiger partial charge < -0.3 is 14.6 Å². The number of fused-ring (bicyclic) bond motifs is 1. The summed E-state index contributed by atoms with van der Waals surface area (Å²) in [5.41, 5.74) is 1.42. The van der Waals surface area contributed by atoms with E-state index in [0.717, 1.165) is 13.0 Å². The predicted molar refractivity (Wildman–Crippen MR) is 76.7 cm³/mol. The second-order valence-electron chi connectivity index (χ2n) is 4.94. The molecule has 19 heavy (non-hydrogen) atoms. The highest BCUT2D eigenvalue weighted by atomic mass is 32.1. The smallest absolute Gasteiger partial charge is 0.0900 e. The Kier molecular flexibility index (Phi) is 5.78. The SMILES string of the molecule is COCCOCC(O)CN1CCc2sccc2C1C. The maximum absolute atomic E-state index is 10.0. The van der Waals surface area contributed by atoms with Crippen molar-refractivity contribution in [1.29, 1.82) is 0 Å². The molecule has 0 aliphatic carbocycles. The standard InChI is InChI=1S/C14H23NO3S/c1-11-13-4-8-19-14(13)3-5-15(11)9-12(16)10-18-7-6-17-2/h4,8,11-12,16H,3,5-7,9-10H2,1-2H3. The number of ether oxygens (including phenoxy) is 2. The minimum Gasteiger partial charge on any atom is -0.389 e. The highest BCUT2D eigenvalue weighted by Gasteiger charge is 2.26. The van der Waals surface area contributed by atoms with Crippen LogP contribution in [0.2, 0.25) is 0 Å². The normalized spacial score (nSPS) is 21.3. The molecule has 2 heterocycles. The number of thiophene rings is 1. The van der Waals surface area contributed by atoms with E-state index in [-0.39, 0.29) is 0 Å². The molecule has 0 spiro atoms. The van der Waals surface area contributed by atoms with Crippen molar-refractivity contribution in [3.05, 3.63) is 21.9 Å². The monoisotopic (exact) mass is 285 g/mol. The van der Waals surface area contributed by atoms with Gasteiger partial charge in [-0.3, -0.25) is 4.90 Å². The molecule has 1 aliphatic heterocycles. The van der Waals surface area contributed by atoms with Crippen LogP contribution < -0.4 is 0 Å². The number of aliphatic hydroxyl groups excluding tert-OH is 1. The van der Waals surface area contributed by atoms with Crippen molar-refractivity contribution in [1.82, 2.24) is 4.90 Å². The fraction of sp³-hybridized carbons (Fsp3) is 0.714. The van der Waals surface area contributed by atoms with Gasteiger partial charge in [-0.1, -0.05) is 0 Å². The average Bonchev–Trinajstić information content (AvgIpc) is 2.87. The Bertz CT molecular complexity index is 383. The number of nitrogens with zero attached hydrogens (tertiary/aromatic N) is 1. The van der Waals surface area contributed by atoms with Gasteiger partial charge in [-0.25, -0.2) is 0 Å². The summed E-state index contributed by atoms with van der Waals surface area (Å²) in [7, 11) is 1.65. The molecule has 2 rings (SSSR count). The van der Waals surface area contributed by atoms with E-state index < -0.39 is 6.10 Å². The largest absolute Gasteiger partial charge is 0.389 e. The van der Waals surface area contributed by atoms with Gasteiger partial charge in [-0.2, -0.15) is 0 Å². The molecule has 0 amide bonds. The molecule has 1 aliphatic rings. The fourth-order valence-corrected chi connectivity index (χ4v) is 3.46. The Balaban J connectivity index is 1.77. The molecule has 1 aromatic rings. The van der Waals surface area contributed by atoms with E-state index in [1.165, 1.54) is 10.4 Å². The molecular weight excluding hydrogens is 262 g/mol. The lowest BCUT2D eigenvalue weighted by Crippen LogP contribution is -2.40. The first kappa shape index (κ1) is 14.9. The Morgan fingerprint density at radius 2 is 2.37 bits per heavy atom. The molecule has 1 N–H and O–H groups in total. The summed E-state index contributed by atoms with van der Waals surface area (Å²) in [6.07, 6.45) is 0.661. The average molecular weight is 285 g/mol. The van der Waals surface area contributed by atoms with Crippen molar-refractivity contribution < 1.29 is 14.6 Å². The summed E-state index contributed by atoms with van der Waals surface area (Å²) >= 11 is 1.84. The van der Waals surface area contributed by atoms with Crippen LogP contribution in [0.4, 0.5) is 0 Å². The molecule has 4 nitrogen and oxygen atoms in total. The summed E-state index contributed by atoms with van der Waals surface area (Å²) in [5.74, 6) is 0.